The van der Waals surface area contributed by atoms with Crippen LogP contribution in [0.5, 0.6) is 0 Å². The summed E-state index contributed by atoms with van der Waals surface area (Å²) < 4.78 is 13.6. The number of hydrogen-bond donors (Lipinski definition) is 0. The van der Waals surface area contributed by atoms with Gasteiger partial charge in [0.05, 0.1) is 19.3 Å². The van der Waals surface area contributed by atoms with Crippen LogP contribution in [0, 0.1) is 0 Å². The first-order valence-corrected chi connectivity index (χ1v) is 9.12. The van der Waals surface area contributed by atoms with Crippen LogP contribution >= 0.6 is 0 Å². The van der Waals surface area contributed by atoms with Crippen LogP contribution in [0.1, 0.15) is 51.6 Å². The number of likely N-dealkylation sites (tertiary alicyclic amines) is 1. The van der Waals surface area contributed by atoms with Gasteiger partial charge in [0.15, 0.2) is 5.60 Å². The highest BCUT2D eigenvalue weighted by Gasteiger charge is 2.47. The Kier molecular flexibility index (Phi) is 5.25. The van der Waals surface area contributed by atoms with Gasteiger partial charge in [0, 0.05) is 43.9 Å². The normalized spacial score (nSPS) is 25.6. The van der Waals surface area contributed by atoms with E-state index in [4.69, 9.17) is 9.47 Å². The van der Waals surface area contributed by atoms with Gasteiger partial charge in [0.1, 0.15) is 0 Å². The van der Waals surface area contributed by atoms with Crippen molar-refractivity contribution < 1.29 is 14.3 Å². The second-order valence-corrected chi connectivity index (χ2v) is 7.10. The molecule has 1 aromatic heterocycles. The number of aromatic nitrogens is 2. The SMILES string of the molecule is CCn1nccc1C1CCN(C(=O)C2(OC(C)C)CCOC2)CC1. The fourth-order valence-corrected chi connectivity index (χ4v) is 3.93. The maximum absolute atomic E-state index is 13.1. The summed E-state index contributed by atoms with van der Waals surface area (Å²) in [6.07, 6.45) is 4.52. The Labute approximate surface area is 144 Å². The first kappa shape index (κ1) is 17.4. The number of carbonyl (C=O) groups is 1. The lowest BCUT2D eigenvalue weighted by Crippen LogP contribution is -2.54. The van der Waals surface area contributed by atoms with Gasteiger partial charge in [-0.25, -0.2) is 0 Å². The minimum absolute atomic E-state index is 0.0205. The van der Waals surface area contributed by atoms with E-state index in [-0.39, 0.29) is 12.0 Å². The Morgan fingerprint density at radius 1 is 1.46 bits per heavy atom. The molecule has 3 rings (SSSR count). The van der Waals surface area contributed by atoms with Gasteiger partial charge < -0.3 is 14.4 Å². The van der Waals surface area contributed by atoms with E-state index in [9.17, 15) is 4.79 Å². The molecule has 0 spiro atoms. The van der Waals surface area contributed by atoms with Crippen LogP contribution in [0.15, 0.2) is 12.3 Å². The van der Waals surface area contributed by atoms with Crippen molar-refractivity contribution in [1.29, 1.82) is 0 Å². The zero-order valence-corrected chi connectivity index (χ0v) is 15.0. The lowest BCUT2D eigenvalue weighted by atomic mass is 9.91. The van der Waals surface area contributed by atoms with Crippen molar-refractivity contribution in [3.05, 3.63) is 18.0 Å². The number of ether oxygens (including phenoxy) is 2. The predicted octanol–water partition coefficient (Wildman–Crippen LogP) is 2.19. The van der Waals surface area contributed by atoms with E-state index >= 15 is 0 Å². The fraction of sp³-hybridized carbons (Fsp3) is 0.778. The lowest BCUT2D eigenvalue weighted by molar-refractivity contribution is -0.165. The zero-order valence-electron chi connectivity index (χ0n) is 15.0. The van der Waals surface area contributed by atoms with Crippen molar-refractivity contribution in [2.45, 2.75) is 64.2 Å². The standard InChI is InChI=1S/C18H29N3O3/c1-4-21-16(5-9-19-21)15-6-10-20(11-7-15)17(22)18(24-14(2)3)8-12-23-13-18/h5,9,14-15H,4,6-8,10-13H2,1-3H3. The van der Waals surface area contributed by atoms with Gasteiger partial charge in [-0.05, 0) is 39.7 Å². The first-order chi connectivity index (χ1) is 11.6. The van der Waals surface area contributed by atoms with Gasteiger partial charge in [-0.15, -0.1) is 0 Å². The highest BCUT2D eigenvalue weighted by Crippen LogP contribution is 2.32. The molecule has 2 aliphatic rings. The predicted molar refractivity (Wildman–Crippen MR) is 90.8 cm³/mol. The molecule has 0 saturated carbocycles. The van der Waals surface area contributed by atoms with Crippen molar-refractivity contribution in [2.75, 3.05) is 26.3 Å². The molecule has 3 heterocycles. The Morgan fingerprint density at radius 2 is 2.21 bits per heavy atom. The van der Waals surface area contributed by atoms with Gasteiger partial charge in [-0.2, -0.15) is 5.10 Å². The Hall–Kier alpha value is -1.40. The monoisotopic (exact) mass is 335 g/mol. The number of rotatable bonds is 5. The second-order valence-electron chi connectivity index (χ2n) is 7.10. The molecule has 24 heavy (non-hydrogen) atoms. The fourth-order valence-electron chi connectivity index (χ4n) is 3.93. The van der Waals surface area contributed by atoms with Crippen molar-refractivity contribution in [3.63, 3.8) is 0 Å². The third kappa shape index (κ3) is 3.35. The summed E-state index contributed by atoms with van der Waals surface area (Å²) in [5, 5.41) is 4.37. The van der Waals surface area contributed by atoms with E-state index in [2.05, 4.69) is 22.8 Å². The number of nitrogens with zero attached hydrogens (tertiary/aromatic N) is 3. The number of amides is 1. The highest BCUT2D eigenvalue weighted by atomic mass is 16.6. The van der Waals surface area contributed by atoms with E-state index < -0.39 is 5.60 Å². The summed E-state index contributed by atoms with van der Waals surface area (Å²) in [5.74, 6) is 0.592. The van der Waals surface area contributed by atoms with Crippen LogP contribution in [0.2, 0.25) is 0 Å². The van der Waals surface area contributed by atoms with Gasteiger partial charge in [-0.1, -0.05) is 0 Å². The molecule has 1 atom stereocenters. The quantitative estimate of drug-likeness (QED) is 0.828. The Bertz CT molecular complexity index is 556. The van der Waals surface area contributed by atoms with E-state index in [0.717, 1.165) is 32.5 Å². The zero-order chi connectivity index (χ0) is 17.2. The van der Waals surface area contributed by atoms with Gasteiger partial charge in [-0.3, -0.25) is 9.48 Å². The minimum atomic E-state index is -0.772. The number of piperidine rings is 1. The van der Waals surface area contributed by atoms with Crippen molar-refractivity contribution in [2.24, 2.45) is 0 Å². The molecule has 2 saturated heterocycles. The molecule has 0 aliphatic carbocycles. The number of carbonyl (C=O) groups excluding carboxylic acids is 1. The van der Waals surface area contributed by atoms with Crippen LogP contribution in [-0.4, -0.2) is 58.6 Å². The second kappa shape index (κ2) is 7.23. The van der Waals surface area contributed by atoms with E-state index in [0.29, 0.717) is 25.6 Å². The molecule has 0 N–H and O–H groups in total. The molecule has 2 fully saturated rings. The van der Waals surface area contributed by atoms with E-state index in [1.807, 2.05) is 24.9 Å². The summed E-state index contributed by atoms with van der Waals surface area (Å²) in [7, 11) is 0. The molecule has 0 aromatic carbocycles. The summed E-state index contributed by atoms with van der Waals surface area (Å²) in [4.78, 5) is 15.0. The lowest BCUT2D eigenvalue weighted by Gasteiger charge is -2.38. The highest BCUT2D eigenvalue weighted by molar-refractivity contribution is 5.86. The maximum atomic E-state index is 13.1. The summed E-state index contributed by atoms with van der Waals surface area (Å²) in [6.45, 7) is 9.50. The molecule has 6 nitrogen and oxygen atoms in total. The molecule has 134 valence electrons. The van der Waals surface area contributed by atoms with Crippen LogP contribution in [0.25, 0.3) is 0 Å². The van der Waals surface area contributed by atoms with E-state index in [1.54, 1.807) is 0 Å². The smallest absolute Gasteiger partial charge is 0.257 e. The van der Waals surface area contributed by atoms with Gasteiger partial charge >= 0.3 is 0 Å². The van der Waals surface area contributed by atoms with Gasteiger partial charge in [0.25, 0.3) is 5.91 Å². The molecule has 1 unspecified atom stereocenters. The third-order valence-electron chi connectivity index (χ3n) is 5.09. The summed E-state index contributed by atoms with van der Waals surface area (Å²) >= 11 is 0. The summed E-state index contributed by atoms with van der Waals surface area (Å²) in [6, 6.07) is 2.11. The van der Waals surface area contributed by atoms with Crippen LogP contribution in [-0.2, 0) is 20.8 Å². The molecule has 1 aromatic rings. The minimum Gasteiger partial charge on any atom is -0.378 e. The maximum Gasteiger partial charge on any atom is 0.257 e. The van der Waals surface area contributed by atoms with Crippen LogP contribution in [0.4, 0.5) is 0 Å². The number of hydrogen-bond acceptors (Lipinski definition) is 4. The van der Waals surface area contributed by atoms with Crippen LogP contribution < -0.4 is 0 Å². The molecule has 0 radical (unpaired) electrons. The number of aryl methyl sites for hydroxylation is 1. The average molecular weight is 335 g/mol. The molecule has 6 heteroatoms. The average Bonchev–Trinajstić information content (AvgIpc) is 3.23. The topological polar surface area (TPSA) is 56.6 Å². The van der Waals surface area contributed by atoms with Crippen LogP contribution in [0.3, 0.4) is 0 Å². The molecular weight excluding hydrogens is 306 g/mol. The first-order valence-electron chi connectivity index (χ1n) is 9.12. The third-order valence-corrected chi connectivity index (χ3v) is 5.09. The van der Waals surface area contributed by atoms with Gasteiger partial charge in [0.2, 0.25) is 0 Å². The molecular formula is C18H29N3O3. The molecule has 1 amide bonds. The molecule has 2 aliphatic heterocycles. The summed E-state index contributed by atoms with van der Waals surface area (Å²) in [5.41, 5.74) is 0.522. The largest absolute Gasteiger partial charge is 0.378 e. The van der Waals surface area contributed by atoms with E-state index in [1.165, 1.54) is 5.69 Å². The van der Waals surface area contributed by atoms with Crippen molar-refractivity contribution in [1.82, 2.24) is 14.7 Å². The Morgan fingerprint density at radius 3 is 2.79 bits per heavy atom. The molecule has 0 bridgehead atoms. The van der Waals surface area contributed by atoms with Crippen molar-refractivity contribution >= 4 is 5.91 Å². The van der Waals surface area contributed by atoms with Crippen molar-refractivity contribution in [3.8, 4) is 0 Å². The Balaban J connectivity index is 1.64.